The van der Waals surface area contributed by atoms with Gasteiger partial charge in [0, 0.05) is 12.8 Å². The Bertz CT molecular complexity index is 137. The lowest BCUT2D eigenvalue weighted by Crippen LogP contribution is -2.55. The Hall–Kier alpha value is -0.0400. The molecule has 0 aromatic carbocycles. The molecule has 1 heteroatoms. The number of quaternary nitrogens is 1. The normalized spacial score (nSPS) is 49.6. The van der Waals surface area contributed by atoms with E-state index in [4.69, 9.17) is 0 Å². The summed E-state index contributed by atoms with van der Waals surface area (Å²) in [6, 6.07) is 2.05. The lowest BCUT2D eigenvalue weighted by atomic mass is 10.00. The van der Waals surface area contributed by atoms with Crippen LogP contribution in [0.3, 0.4) is 0 Å². The fraction of sp³-hybridized carbons (Fsp3) is 1.00. The third-order valence-electron chi connectivity index (χ3n) is 4.26. The first kappa shape index (κ1) is 7.60. The summed E-state index contributed by atoms with van der Waals surface area (Å²) in [6.45, 7) is 3.71. The van der Waals surface area contributed by atoms with Crippen LogP contribution in [0.15, 0.2) is 0 Å². The summed E-state index contributed by atoms with van der Waals surface area (Å²) in [7, 11) is 2.47. The first-order valence-corrected chi connectivity index (χ1v) is 5.12. The second-order valence-electron chi connectivity index (χ2n) is 4.48. The number of rotatable bonds is 1. The lowest BCUT2D eigenvalue weighted by molar-refractivity contribution is -0.946. The molecule has 2 unspecified atom stereocenters. The van der Waals surface area contributed by atoms with Gasteiger partial charge in [-0.1, -0.05) is 0 Å². The predicted molar refractivity (Wildman–Crippen MR) is 47.4 cm³/mol. The highest BCUT2D eigenvalue weighted by Crippen LogP contribution is 2.40. The summed E-state index contributed by atoms with van der Waals surface area (Å²) in [5, 5.41) is 0. The van der Waals surface area contributed by atoms with Crippen molar-refractivity contribution in [3.8, 4) is 0 Å². The van der Waals surface area contributed by atoms with Gasteiger partial charge in [0.2, 0.25) is 0 Å². The molecule has 2 fully saturated rings. The summed E-state index contributed by atoms with van der Waals surface area (Å²) in [5.74, 6) is 0. The zero-order valence-corrected chi connectivity index (χ0v) is 7.84. The maximum absolute atomic E-state index is 2.47. The molecule has 0 radical (unpaired) electrons. The van der Waals surface area contributed by atoms with Gasteiger partial charge in [-0.3, -0.25) is 0 Å². The minimum atomic E-state index is 1.03. The largest absolute Gasteiger partial charge is 0.321 e. The van der Waals surface area contributed by atoms with Crippen molar-refractivity contribution in [2.75, 3.05) is 13.6 Å². The smallest absolute Gasteiger partial charge is 0.0892 e. The molecular weight excluding hydrogens is 134 g/mol. The Morgan fingerprint density at radius 2 is 1.64 bits per heavy atom. The molecule has 0 aromatic rings. The van der Waals surface area contributed by atoms with Crippen molar-refractivity contribution in [3.05, 3.63) is 0 Å². The van der Waals surface area contributed by atoms with Gasteiger partial charge in [0.15, 0.2) is 0 Å². The van der Waals surface area contributed by atoms with Gasteiger partial charge in [0.25, 0.3) is 0 Å². The Morgan fingerprint density at radius 1 is 1.09 bits per heavy atom. The quantitative estimate of drug-likeness (QED) is 0.508. The summed E-state index contributed by atoms with van der Waals surface area (Å²) in [6.07, 6.45) is 7.52. The third-order valence-corrected chi connectivity index (χ3v) is 4.26. The molecule has 0 aromatic heterocycles. The van der Waals surface area contributed by atoms with E-state index in [9.17, 15) is 0 Å². The van der Waals surface area contributed by atoms with Crippen LogP contribution in [-0.4, -0.2) is 30.2 Å². The molecule has 2 aliphatic heterocycles. The molecule has 0 N–H and O–H groups in total. The Morgan fingerprint density at radius 3 is 2.00 bits per heavy atom. The van der Waals surface area contributed by atoms with E-state index in [0.29, 0.717) is 0 Å². The summed E-state index contributed by atoms with van der Waals surface area (Å²) in [5.41, 5.74) is 0. The minimum absolute atomic E-state index is 1.03. The first-order valence-electron chi connectivity index (χ1n) is 5.12. The molecule has 0 aliphatic carbocycles. The molecule has 1 nitrogen and oxygen atoms in total. The van der Waals surface area contributed by atoms with Crippen molar-refractivity contribution in [2.45, 2.75) is 51.1 Å². The molecule has 0 saturated carbocycles. The van der Waals surface area contributed by atoms with Crippen molar-refractivity contribution in [1.82, 2.24) is 0 Å². The Balaban J connectivity index is 2.20. The van der Waals surface area contributed by atoms with E-state index < -0.39 is 0 Å². The van der Waals surface area contributed by atoms with Gasteiger partial charge in [-0.15, -0.1) is 0 Å². The third kappa shape index (κ3) is 0.936. The van der Waals surface area contributed by atoms with Crippen LogP contribution >= 0.6 is 0 Å². The van der Waals surface area contributed by atoms with Crippen LogP contribution in [0.4, 0.5) is 0 Å². The number of fused-ring (bicyclic) bond motifs is 2. The van der Waals surface area contributed by atoms with Gasteiger partial charge in [-0.25, -0.2) is 0 Å². The molecular formula is C10H20N+. The van der Waals surface area contributed by atoms with Crippen LogP contribution in [0.25, 0.3) is 0 Å². The van der Waals surface area contributed by atoms with Crippen LogP contribution < -0.4 is 0 Å². The van der Waals surface area contributed by atoms with Crippen molar-refractivity contribution in [2.24, 2.45) is 0 Å². The summed E-state index contributed by atoms with van der Waals surface area (Å²) >= 11 is 0. The van der Waals surface area contributed by atoms with Crippen LogP contribution in [0, 0.1) is 0 Å². The van der Waals surface area contributed by atoms with Crippen molar-refractivity contribution < 1.29 is 4.48 Å². The molecule has 2 bridgehead atoms. The molecule has 2 heterocycles. The SMILES string of the molecule is CC[N+]1(C)C2CCCC1CC2. The van der Waals surface area contributed by atoms with E-state index in [2.05, 4.69) is 14.0 Å². The maximum Gasteiger partial charge on any atom is 0.0892 e. The minimum Gasteiger partial charge on any atom is -0.321 e. The molecule has 0 amide bonds. The van der Waals surface area contributed by atoms with Crippen molar-refractivity contribution in [1.29, 1.82) is 0 Å². The van der Waals surface area contributed by atoms with Gasteiger partial charge in [0.05, 0.1) is 25.7 Å². The number of piperidine rings is 1. The molecule has 2 aliphatic rings. The molecule has 64 valence electrons. The van der Waals surface area contributed by atoms with Crippen LogP contribution in [-0.2, 0) is 0 Å². The molecule has 11 heavy (non-hydrogen) atoms. The highest BCUT2D eigenvalue weighted by molar-refractivity contribution is 4.80. The summed E-state index contributed by atoms with van der Waals surface area (Å²) in [4.78, 5) is 0. The second kappa shape index (κ2) is 2.48. The van der Waals surface area contributed by atoms with Gasteiger partial charge < -0.3 is 4.48 Å². The van der Waals surface area contributed by atoms with Crippen LogP contribution in [0.5, 0.6) is 0 Å². The zero-order valence-electron chi connectivity index (χ0n) is 7.84. The highest BCUT2D eigenvalue weighted by Gasteiger charge is 2.46. The van der Waals surface area contributed by atoms with E-state index in [1.165, 1.54) is 43.1 Å². The number of hydrogen-bond acceptors (Lipinski definition) is 0. The Kier molecular flexibility index (Phi) is 1.71. The molecule has 2 atom stereocenters. The highest BCUT2D eigenvalue weighted by atomic mass is 15.4. The monoisotopic (exact) mass is 154 g/mol. The number of nitrogens with zero attached hydrogens (tertiary/aromatic N) is 1. The molecule has 2 saturated heterocycles. The van der Waals surface area contributed by atoms with Crippen molar-refractivity contribution >= 4 is 0 Å². The van der Waals surface area contributed by atoms with Gasteiger partial charge in [-0.05, 0) is 26.2 Å². The first-order chi connectivity index (χ1) is 5.27. The fourth-order valence-corrected chi connectivity index (χ4v) is 3.26. The fourth-order valence-electron chi connectivity index (χ4n) is 3.26. The van der Waals surface area contributed by atoms with E-state index in [1.54, 1.807) is 0 Å². The second-order valence-corrected chi connectivity index (χ2v) is 4.48. The van der Waals surface area contributed by atoms with E-state index in [0.717, 1.165) is 12.1 Å². The predicted octanol–water partition coefficient (Wildman–Crippen LogP) is 2.17. The molecule has 0 spiro atoms. The van der Waals surface area contributed by atoms with E-state index >= 15 is 0 Å². The maximum atomic E-state index is 2.47. The topological polar surface area (TPSA) is 0 Å². The number of hydrogen-bond donors (Lipinski definition) is 0. The van der Waals surface area contributed by atoms with E-state index in [-0.39, 0.29) is 0 Å². The van der Waals surface area contributed by atoms with E-state index in [1.807, 2.05) is 0 Å². The average molecular weight is 154 g/mol. The summed E-state index contributed by atoms with van der Waals surface area (Å²) < 4.78 is 1.40. The lowest BCUT2D eigenvalue weighted by Gasteiger charge is -2.44. The average Bonchev–Trinajstić information content (AvgIpc) is 2.29. The zero-order chi connectivity index (χ0) is 7.90. The Labute approximate surface area is 70.0 Å². The van der Waals surface area contributed by atoms with Crippen molar-refractivity contribution in [3.63, 3.8) is 0 Å². The molecule has 2 rings (SSSR count). The standard InChI is InChI=1S/C10H20N/c1-3-11(2)9-5-4-6-10(11)8-7-9/h9-10H,3-8H2,1-2H3/q+1. The van der Waals surface area contributed by atoms with Gasteiger partial charge in [0.1, 0.15) is 0 Å². The van der Waals surface area contributed by atoms with Gasteiger partial charge >= 0.3 is 0 Å². The van der Waals surface area contributed by atoms with Gasteiger partial charge in [-0.2, -0.15) is 0 Å². The van der Waals surface area contributed by atoms with Crippen LogP contribution in [0.2, 0.25) is 0 Å². The van der Waals surface area contributed by atoms with Crippen LogP contribution in [0.1, 0.15) is 39.0 Å².